The van der Waals surface area contributed by atoms with E-state index < -0.39 is 0 Å². The summed E-state index contributed by atoms with van der Waals surface area (Å²) in [5.74, 6) is 0.547. The standard InChI is InChI=1S/C20H29N3O4/c1-14-5-6-18(27-4)17(13-14)15(2)21-19(25)7-8-20(26)23-11-9-22(10-12-23)16(3)24/h5-6,13,15H,7-12H2,1-4H3,(H,21,25)/t15-/m0/s1. The zero-order valence-electron chi connectivity index (χ0n) is 16.6. The van der Waals surface area contributed by atoms with Gasteiger partial charge in [0.05, 0.1) is 13.2 Å². The van der Waals surface area contributed by atoms with Crippen molar-refractivity contribution < 1.29 is 19.1 Å². The van der Waals surface area contributed by atoms with Crippen LogP contribution in [-0.2, 0) is 14.4 Å². The van der Waals surface area contributed by atoms with Gasteiger partial charge in [-0.3, -0.25) is 14.4 Å². The Morgan fingerprint density at radius 1 is 1.11 bits per heavy atom. The van der Waals surface area contributed by atoms with Crippen molar-refractivity contribution in [3.05, 3.63) is 29.3 Å². The maximum absolute atomic E-state index is 12.3. The molecule has 7 nitrogen and oxygen atoms in total. The molecule has 27 heavy (non-hydrogen) atoms. The molecule has 0 aromatic heterocycles. The van der Waals surface area contributed by atoms with Crippen LogP contribution in [0.4, 0.5) is 0 Å². The fraction of sp³-hybridized carbons (Fsp3) is 0.550. The lowest BCUT2D eigenvalue weighted by atomic mass is 10.0. The summed E-state index contributed by atoms with van der Waals surface area (Å²) in [5.41, 5.74) is 2.00. The van der Waals surface area contributed by atoms with Crippen LogP contribution >= 0.6 is 0 Å². The summed E-state index contributed by atoms with van der Waals surface area (Å²) in [6.45, 7) is 7.58. The predicted molar refractivity (Wildman–Crippen MR) is 102 cm³/mol. The first-order valence-electron chi connectivity index (χ1n) is 9.29. The van der Waals surface area contributed by atoms with Crippen molar-refractivity contribution in [2.75, 3.05) is 33.3 Å². The number of hydrogen-bond acceptors (Lipinski definition) is 4. The first kappa shape index (κ1) is 20.7. The summed E-state index contributed by atoms with van der Waals surface area (Å²) in [6, 6.07) is 5.63. The Morgan fingerprint density at radius 3 is 2.33 bits per heavy atom. The maximum Gasteiger partial charge on any atom is 0.223 e. The highest BCUT2D eigenvalue weighted by Gasteiger charge is 2.23. The van der Waals surface area contributed by atoms with Crippen LogP contribution in [0.3, 0.4) is 0 Å². The normalized spacial score (nSPS) is 15.3. The monoisotopic (exact) mass is 375 g/mol. The third kappa shape index (κ3) is 5.70. The fourth-order valence-electron chi connectivity index (χ4n) is 3.23. The van der Waals surface area contributed by atoms with E-state index in [-0.39, 0.29) is 36.6 Å². The molecule has 0 radical (unpaired) electrons. The zero-order chi connectivity index (χ0) is 20.0. The molecule has 3 amide bonds. The number of piperazine rings is 1. The van der Waals surface area contributed by atoms with E-state index in [0.29, 0.717) is 26.2 Å². The summed E-state index contributed by atoms with van der Waals surface area (Å²) in [7, 11) is 1.60. The molecule has 148 valence electrons. The maximum atomic E-state index is 12.3. The lowest BCUT2D eigenvalue weighted by Gasteiger charge is -2.34. The molecule has 1 atom stereocenters. The third-order valence-electron chi connectivity index (χ3n) is 4.87. The summed E-state index contributed by atoms with van der Waals surface area (Å²) >= 11 is 0. The zero-order valence-corrected chi connectivity index (χ0v) is 16.6. The lowest BCUT2D eigenvalue weighted by Crippen LogP contribution is -2.50. The fourth-order valence-corrected chi connectivity index (χ4v) is 3.23. The van der Waals surface area contributed by atoms with E-state index >= 15 is 0 Å². The van der Waals surface area contributed by atoms with Gasteiger partial charge in [0.25, 0.3) is 0 Å². The summed E-state index contributed by atoms with van der Waals surface area (Å²) in [4.78, 5) is 39.4. The number of nitrogens with zero attached hydrogens (tertiary/aromatic N) is 2. The van der Waals surface area contributed by atoms with Crippen molar-refractivity contribution in [2.45, 2.75) is 39.7 Å². The second-order valence-corrected chi connectivity index (χ2v) is 6.92. The number of carbonyl (C=O) groups excluding carboxylic acids is 3. The number of hydrogen-bond donors (Lipinski definition) is 1. The van der Waals surface area contributed by atoms with Gasteiger partial charge in [-0.1, -0.05) is 17.7 Å². The average Bonchev–Trinajstić information content (AvgIpc) is 2.66. The summed E-state index contributed by atoms with van der Waals surface area (Å²) < 4.78 is 5.37. The molecule has 1 aliphatic heterocycles. The van der Waals surface area contributed by atoms with Gasteiger partial charge in [0.15, 0.2) is 0 Å². The topological polar surface area (TPSA) is 79.0 Å². The van der Waals surface area contributed by atoms with Gasteiger partial charge >= 0.3 is 0 Å². The molecule has 0 spiro atoms. The molecule has 7 heteroatoms. The molecule has 1 N–H and O–H groups in total. The smallest absolute Gasteiger partial charge is 0.223 e. The number of methoxy groups -OCH3 is 1. The van der Waals surface area contributed by atoms with Crippen LogP contribution in [0.2, 0.25) is 0 Å². The van der Waals surface area contributed by atoms with E-state index in [1.807, 2.05) is 32.0 Å². The van der Waals surface area contributed by atoms with Gasteiger partial charge in [-0.15, -0.1) is 0 Å². The SMILES string of the molecule is COc1ccc(C)cc1[C@H](C)NC(=O)CCC(=O)N1CCN(C(C)=O)CC1. The van der Waals surface area contributed by atoms with Gasteiger partial charge in [-0.05, 0) is 19.9 Å². The Hall–Kier alpha value is -2.57. The number of amides is 3. The molecule has 1 heterocycles. The minimum atomic E-state index is -0.207. The van der Waals surface area contributed by atoms with Crippen LogP contribution in [0, 0.1) is 6.92 Å². The van der Waals surface area contributed by atoms with Gasteiger partial charge in [-0.25, -0.2) is 0 Å². The van der Waals surface area contributed by atoms with Crippen molar-refractivity contribution >= 4 is 17.7 Å². The van der Waals surface area contributed by atoms with Crippen LogP contribution in [-0.4, -0.2) is 60.8 Å². The quantitative estimate of drug-likeness (QED) is 0.820. The lowest BCUT2D eigenvalue weighted by molar-refractivity contribution is -0.139. The number of nitrogens with one attached hydrogen (secondary N) is 1. The predicted octanol–water partition coefficient (Wildman–Crippen LogP) is 1.65. The number of benzene rings is 1. The van der Waals surface area contributed by atoms with E-state index in [1.165, 1.54) is 6.92 Å². The number of ether oxygens (including phenoxy) is 1. The number of carbonyl (C=O) groups is 3. The first-order chi connectivity index (χ1) is 12.8. The Morgan fingerprint density at radius 2 is 1.74 bits per heavy atom. The largest absolute Gasteiger partial charge is 0.496 e. The molecule has 0 saturated carbocycles. The third-order valence-corrected chi connectivity index (χ3v) is 4.87. The average molecular weight is 375 g/mol. The van der Waals surface area contributed by atoms with Gasteiger partial charge in [-0.2, -0.15) is 0 Å². The minimum absolute atomic E-state index is 0.0297. The highest BCUT2D eigenvalue weighted by Crippen LogP contribution is 2.26. The number of rotatable bonds is 6. The Balaban J connectivity index is 1.81. The Kier molecular flexibility index (Phi) is 7.21. The van der Waals surface area contributed by atoms with Crippen LogP contribution in [0.25, 0.3) is 0 Å². The van der Waals surface area contributed by atoms with Gasteiger partial charge in [0, 0.05) is 51.5 Å². The molecule has 0 aliphatic carbocycles. The summed E-state index contributed by atoms with van der Waals surface area (Å²) in [5, 5.41) is 2.94. The molecular weight excluding hydrogens is 346 g/mol. The summed E-state index contributed by atoms with van der Waals surface area (Å²) in [6.07, 6.45) is 0.313. The second kappa shape index (κ2) is 9.39. The van der Waals surface area contributed by atoms with Crippen molar-refractivity contribution in [1.29, 1.82) is 0 Å². The van der Waals surface area contributed by atoms with Crippen molar-refractivity contribution in [3.63, 3.8) is 0 Å². The molecule has 1 fully saturated rings. The van der Waals surface area contributed by atoms with Crippen molar-refractivity contribution in [2.24, 2.45) is 0 Å². The van der Waals surface area contributed by atoms with E-state index in [1.54, 1.807) is 16.9 Å². The van der Waals surface area contributed by atoms with Crippen molar-refractivity contribution in [1.82, 2.24) is 15.1 Å². The molecule has 1 saturated heterocycles. The highest BCUT2D eigenvalue weighted by molar-refractivity contribution is 5.84. The first-order valence-corrected chi connectivity index (χ1v) is 9.29. The minimum Gasteiger partial charge on any atom is -0.496 e. The molecule has 1 aromatic rings. The van der Waals surface area contributed by atoms with Gasteiger partial charge in [0.1, 0.15) is 5.75 Å². The van der Waals surface area contributed by atoms with E-state index in [9.17, 15) is 14.4 Å². The van der Waals surface area contributed by atoms with E-state index in [0.717, 1.165) is 16.9 Å². The van der Waals surface area contributed by atoms with Gasteiger partial charge in [0.2, 0.25) is 17.7 Å². The second-order valence-electron chi connectivity index (χ2n) is 6.92. The molecular formula is C20H29N3O4. The molecule has 2 rings (SSSR count). The van der Waals surface area contributed by atoms with Crippen LogP contribution in [0.1, 0.15) is 43.9 Å². The molecule has 1 aromatic carbocycles. The highest BCUT2D eigenvalue weighted by atomic mass is 16.5. The van der Waals surface area contributed by atoms with Crippen LogP contribution in [0.5, 0.6) is 5.75 Å². The Labute approximate surface area is 160 Å². The van der Waals surface area contributed by atoms with Crippen molar-refractivity contribution in [3.8, 4) is 5.75 Å². The van der Waals surface area contributed by atoms with E-state index in [4.69, 9.17) is 4.74 Å². The number of aryl methyl sites for hydroxylation is 1. The van der Waals surface area contributed by atoms with Crippen LogP contribution in [0.15, 0.2) is 18.2 Å². The van der Waals surface area contributed by atoms with Crippen LogP contribution < -0.4 is 10.1 Å². The molecule has 0 unspecified atom stereocenters. The molecule has 1 aliphatic rings. The van der Waals surface area contributed by atoms with Gasteiger partial charge < -0.3 is 19.9 Å². The Bertz CT molecular complexity index is 696. The van der Waals surface area contributed by atoms with E-state index in [2.05, 4.69) is 5.32 Å². The molecule has 0 bridgehead atoms.